The van der Waals surface area contributed by atoms with E-state index >= 15 is 0 Å². The number of hydrogen-bond donors (Lipinski definition) is 4. The Hall–Kier alpha value is -5.01. The molecule has 2 aromatic carbocycles. The number of pyridine rings is 1. The second kappa shape index (κ2) is 20.1. The number of rotatable bonds is 15. The molecule has 13 nitrogen and oxygen atoms in total. The molecule has 0 saturated carbocycles. The van der Waals surface area contributed by atoms with Gasteiger partial charge in [0.15, 0.2) is 0 Å². The molecular weight excluding hydrogens is 737 g/mol. The molecule has 4 amide bonds. The summed E-state index contributed by atoms with van der Waals surface area (Å²) in [5, 5.41) is 10.5. The third-order valence-electron chi connectivity index (χ3n) is 8.90. The van der Waals surface area contributed by atoms with E-state index in [2.05, 4.69) is 26.4 Å². The van der Waals surface area contributed by atoms with Crippen molar-refractivity contribution in [3.8, 4) is 11.3 Å². The zero-order valence-electron chi connectivity index (χ0n) is 36.7. The Morgan fingerprint density at radius 2 is 1.22 bits per heavy atom. The van der Waals surface area contributed by atoms with Gasteiger partial charge in [-0.3, -0.25) is 20.0 Å². The Morgan fingerprint density at radius 3 is 1.74 bits per heavy atom. The van der Waals surface area contributed by atoms with E-state index < -0.39 is 70.3 Å². The molecule has 1 unspecified atom stereocenters. The number of nitrogens with one attached hydrogen (secondary N) is 4. The fraction of sp³-hybridized carbons (Fsp3) is 0.533. The summed E-state index contributed by atoms with van der Waals surface area (Å²) < 4.78 is 17.2. The second-order valence-corrected chi connectivity index (χ2v) is 18.7. The summed E-state index contributed by atoms with van der Waals surface area (Å²) in [5.41, 5.74) is 3.80. The third kappa shape index (κ3) is 16.1. The predicted molar refractivity (Wildman–Crippen MR) is 226 cm³/mol. The Bertz CT molecular complexity index is 1780. The molecular formula is C45H66N6O7. The van der Waals surface area contributed by atoms with Crippen LogP contribution in [0.3, 0.4) is 0 Å². The zero-order chi connectivity index (χ0) is 43.5. The van der Waals surface area contributed by atoms with Gasteiger partial charge in [-0.05, 0) is 82.1 Å². The van der Waals surface area contributed by atoms with Crippen LogP contribution in [-0.2, 0) is 36.8 Å². The van der Waals surface area contributed by atoms with E-state index in [0.29, 0.717) is 6.42 Å². The number of methoxy groups -OCH3 is 1. The van der Waals surface area contributed by atoms with Crippen LogP contribution >= 0.6 is 0 Å². The lowest BCUT2D eigenvalue weighted by molar-refractivity contribution is -0.137. The average Bonchev–Trinajstić information content (AvgIpc) is 3.11. The van der Waals surface area contributed by atoms with Gasteiger partial charge in [0.05, 0.1) is 30.6 Å². The smallest absolute Gasteiger partial charge is 0.408 e. The van der Waals surface area contributed by atoms with Crippen molar-refractivity contribution in [3.63, 3.8) is 0 Å². The maximum atomic E-state index is 14.4. The van der Waals surface area contributed by atoms with Crippen molar-refractivity contribution in [1.82, 2.24) is 31.4 Å². The van der Waals surface area contributed by atoms with Crippen molar-refractivity contribution in [2.24, 2.45) is 10.8 Å². The Balaban J connectivity index is 2.11. The number of benzene rings is 2. The number of ether oxygens (including phenoxy) is 3. The molecule has 0 aliphatic rings. The fourth-order valence-corrected chi connectivity index (χ4v) is 6.19. The topological polar surface area (TPSA) is 160 Å². The summed E-state index contributed by atoms with van der Waals surface area (Å²) in [7, 11) is 1.25. The first-order chi connectivity index (χ1) is 26.8. The van der Waals surface area contributed by atoms with Crippen LogP contribution in [0.4, 0.5) is 9.59 Å². The van der Waals surface area contributed by atoms with E-state index in [0.717, 1.165) is 22.4 Å². The van der Waals surface area contributed by atoms with Crippen LogP contribution in [0, 0.1) is 10.8 Å². The number of hydrogen-bond acceptors (Lipinski definition) is 9. The van der Waals surface area contributed by atoms with Crippen LogP contribution in [0.25, 0.3) is 11.3 Å². The first kappa shape index (κ1) is 47.4. The number of amides is 4. The number of alkyl carbamates (subject to hydrolysis) is 2. The van der Waals surface area contributed by atoms with Gasteiger partial charge in [-0.15, -0.1) is 0 Å². The lowest BCUT2D eigenvalue weighted by atomic mass is 9.85. The number of aromatic nitrogens is 1. The van der Waals surface area contributed by atoms with E-state index in [4.69, 9.17) is 14.2 Å². The molecule has 1 heterocycles. The molecule has 318 valence electrons. The predicted octanol–water partition coefficient (Wildman–Crippen LogP) is 7.20. The molecule has 0 fully saturated rings. The van der Waals surface area contributed by atoms with Gasteiger partial charge in [0.1, 0.15) is 17.7 Å². The first-order valence-corrected chi connectivity index (χ1v) is 19.8. The molecule has 4 N–H and O–H groups in total. The largest absolute Gasteiger partial charge is 0.453 e. The SMILES string of the molecule is COC(=O)N[C@H](C(=O)NN(Cc1ccc(-c2ccccn2)cc1)C[C@H](OC(C)(C)C)[C@H](Cc1ccccc1)NC(=O)C(NC(=O)OC(C)(C)C)C(C)(C)C)C(C)(C)C. The van der Waals surface area contributed by atoms with Gasteiger partial charge >= 0.3 is 12.2 Å². The van der Waals surface area contributed by atoms with Gasteiger partial charge in [-0.2, -0.15) is 0 Å². The summed E-state index contributed by atoms with van der Waals surface area (Å²) in [6.45, 7) is 22.6. The van der Waals surface area contributed by atoms with E-state index in [9.17, 15) is 19.2 Å². The lowest BCUT2D eigenvalue weighted by Crippen LogP contribution is -2.62. The molecule has 3 rings (SSSR count). The van der Waals surface area contributed by atoms with Crippen LogP contribution in [0.2, 0.25) is 0 Å². The fourth-order valence-electron chi connectivity index (χ4n) is 6.19. The maximum Gasteiger partial charge on any atom is 0.408 e. The van der Waals surface area contributed by atoms with Gasteiger partial charge in [-0.25, -0.2) is 14.6 Å². The average molecular weight is 803 g/mol. The van der Waals surface area contributed by atoms with Crippen LogP contribution in [0.15, 0.2) is 79.0 Å². The monoisotopic (exact) mass is 802 g/mol. The van der Waals surface area contributed by atoms with Crippen molar-refractivity contribution >= 4 is 24.0 Å². The van der Waals surface area contributed by atoms with Crippen molar-refractivity contribution < 1.29 is 33.4 Å². The van der Waals surface area contributed by atoms with E-state index in [1.165, 1.54) is 7.11 Å². The maximum absolute atomic E-state index is 14.4. The van der Waals surface area contributed by atoms with Crippen LogP contribution in [-0.4, -0.2) is 83.1 Å². The van der Waals surface area contributed by atoms with Gasteiger partial charge in [0, 0.05) is 24.8 Å². The van der Waals surface area contributed by atoms with Crippen molar-refractivity contribution in [3.05, 3.63) is 90.1 Å². The number of carbonyl (C=O) groups excluding carboxylic acids is 4. The zero-order valence-corrected chi connectivity index (χ0v) is 36.7. The molecule has 0 aliphatic carbocycles. The van der Waals surface area contributed by atoms with Gasteiger partial charge < -0.3 is 30.2 Å². The highest BCUT2D eigenvalue weighted by Crippen LogP contribution is 2.25. The molecule has 58 heavy (non-hydrogen) atoms. The summed E-state index contributed by atoms with van der Waals surface area (Å²) in [6.07, 6.45) is -0.0558. The highest BCUT2D eigenvalue weighted by molar-refractivity contribution is 5.87. The normalized spacial score (nSPS) is 14.4. The van der Waals surface area contributed by atoms with Gasteiger partial charge in [0.2, 0.25) is 5.91 Å². The summed E-state index contributed by atoms with van der Waals surface area (Å²) in [4.78, 5) is 58.5. The summed E-state index contributed by atoms with van der Waals surface area (Å²) in [5.74, 6) is -0.881. The van der Waals surface area contributed by atoms with Crippen molar-refractivity contribution in [1.29, 1.82) is 0 Å². The highest BCUT2D eigenvalue weighted by Gasteiger charge is 2.39. The molecule has 13 heteroatoms. The van der Waals surface area contributed by atoms with Crippen molar-refractivity contribution in [2.75, 3.05) is 13.7 Å². The molecule has 0 aliphatic heterocycles. The minimum atomic E-state index is -0.971. The molecule has 4 atom stereocenters. The standard InChI is InChI=1S/C45H66N6O7/c1-42(2,3)36(49-41(55)58-45(10,11)12)38(52)47-34(27-30-19-15-14-16-20-30)35(57-44(7,8)9)29-51(50-39(53)37(43(4,5)6)48-40(54)56-13)28-31-22-24-32(25-23-31)33-21-17-18-26-46-33/h14-26,34-37H,27-29H2,1-13H3,(H,47,52)(H,48,54)(H,49,55)(H,50,53)/t34-,35-,36?,37+/m0/s1. The van der Waals surface area contributed by atoms with Crippen LogP contribution < -0.4 is 21.4 Å². The van der Waals surface area contributed by atoms with Crippen LogP contribution in [0.5, 0.6) is 0 Å². The van der Waals surface area contributed by atoms with E-state index in [-0.39, 0.29) is 13.1 Å². The minimum Gasteiger partial charge on any atom is -0.453 e. The first-order valence-electron chi connectivity index (χ1n) is 19.8. The lowest BCUT2D eigenvalue weighted by Gasteiger charge is -2.39. The third-order valence-corrected chi connectivity index (χ3v) is 8.90. The number of nitrogens with zero attached hydrogens (tertiary/aromatic N) is 2. The molecule has 0 bridgehead atoms. The summed E-state index contributed by atoms with van der Waals surface area (Å²) >= 11 is 0. The van der Waals surface area contributed by atoms with Crippen LogP contribution in [0.1, 0.15) is 94.2 Å². The van der Waals surface area contributed by atoms with E-state index in [1.807, 2.05) is 135 Å². The quantitative estimate of drug-likeness (QED) is 0.117. The Morgan fingerprint density at radius 1 is 0.655 bits per heavy atom. The molecule has 3 aromatic rings. The van der Waals surface area contributed by atoms with Crippen molar-refractivity contribution in [2.45, 2.75) is 131 Å². The minimum absolute atomic E-state index is 0.109. The molecule has 0 spiro atoms. The Labute approximate surface area is 345 Å². The number of carbonyl (C=O) groups is 4. The molecule has 1 aromatic heterocycles. The van der Waals surface area contributed by atoms with E-state index in [1.54, 1.807) is 32.0 Å². The second-order valence-electron chi connectivity index (χ2n) is 18.7. The molecule has 0 saturated heterocycles. The molecule has 0 radical (unpaired) electrons. The highest BCUT2D eigenvalue weighted by atomic mass is 16.6. The Kier molecular flexibility index (Phi) is 16.4. The van der Waals surface area contributed by atoms with Gasteiger partial charge in [-0.1, -0.05) is 102 Å². The summed E-state index contributed by atoms with van der Waals surface area (Å²) in [6, 6.07) is 20.7. The van der Waals surface area contributed by atoms with Gasteiger partial charge in [0.25, 0.3) is 5.91 Å². The number of hydrazine groups is 1.